The fourth-order valence-corrected chi connectivity index (χ4v) is 3.59. The van der Waals surface area contributed by atoms with Crippen molar-refractivity contribution in [1.29, 1.82) is 0 Å². The van der Waals surface area contributed by atoms with Gasteiger partial charge in [-0.15, -0.1) is 0 Å². The lowest BCUT2D eigenvalue weighted by atomic mass is 10.1. The number of hydrogen-bond acceptors (Lipinski definition) is 5. The van der Waals surface area contributed by atoms with Crippen LogP contribution in [0.1, 0.15) is 37.1 Å². The summed E-state index contributed by atoms with van der Waals surface area (Å²) in [7, 11) is 3.10. The molecule has 1 aliphatic rings. The second kappa shape index (κ2) is 7.39. The van der Waals surface area contributed by atoms with Crippen LogP contribution in [0.15, 0.2) is 40.8 Å². The number of para-hydroxylation sites is 1. The van der Waals surface area contributed by atoms with Gasteiger partial charge in [0.1, 0.15) is 5.52 Å². The van der Waals surface area contributed by atoms with E-state index in [0.717, 1.165) is 34.7 Å². The maximum absolute atomic E-state index is 11.7. The molecule has 1 aliphatic carbocycles. The van der Waals surface area contributed by atoms with Gasteiger partial charge in [-0.2, -0.15) is 0 Å². The predicted octanol–water partition coefficient (Wildman–Crippen LogP) is 4.79. The summed E-state index contributed by atoms with van der Waals surface area (Å²) in [5, 5.41) is 0. The number of nitrogens with zero attached hydrogens (tertiary/aromatic N) is 2. The third-order valence-electron chi connectivity index (χ3n) is 4.96. The zero-order valence-corrected chi connectivity index (χ0v) is 15.6. The molecule has 1 heterocycles. The number of nitroso groups, excluding NO2 is 1. The highest BCUT2D eigenvalue weighted by atomic mass is 16.5. The molecule has 0 saturated heterocycles. The van der Waals surface area contributed by atoms with Gasteiger partial charge >= 0.3 is 0 Å². The van der Waals surface area contributed by atoms with Crippen LogP contribution in [-0.2, 0) is 6.42 Å². The lowest BCUT2D eigenvalue weighted by Crippen LogP contribution is -2.11. The molecule has 4 rings (SSSR count). The molecular formula is C21H23N2O4+. The molecule has 1 saturated carbocycles. The summed E-state index contributed by atoms with van der Waals surface area (Å²) in [6.07, 6.45) is 5.38. The number of rotatable bonds is 6. The van der Waals surface area contributed by atoms with Gasteiger partial charge in [0.05, 0.1) is 13.2 Å². The molecule has 0 amide bonds. The predicted molar refractivity (Wildman–Crippen MR) is 102 cm³/mol. The maximum Gasteiger partial charge on any atom is 0.300 e. The molecular weight excluding hydrogens is 344 g/mol. The molecule has 1 fully saturated rings. The van der Waals surface area contributed by atoms with E-state index in [4.69, 9.17) is 13.9 Å². The Balaban J connectivity index is 1.61. The zero-order valence-electron chi connectivity index (χ0n) is 15.6. The lowest BCUT2D eigenvalue weighted by molar-refractivity contribution is -0.427. The molecule has 0 aliphatic heterocycles. The van der Waals surface area contributed by atoms with Gasteiger partial charge in [0.25, 0.3) is 5.69 Å². The second-order valence-electron chi connectivity index (χ2n) is 6.92. The molecule has 140 valence electrons. The van der Waals surface area contributed by atoms with Gasteiger partial charge in [-0.25, -0.2) is 4.98 Å². The van der Waals surface area contributed by atoms with Gasteiger partial charge in [0.2, 0.25) is 5.58 Å². The van der Waals surface area contributed by atoms with Crippen LogP contribution in [0.5, 0.6) is 11.5 Å². The summed E-state index contributed by atoms with van der Waals surface area (Å²) in [6.45, 7) is 0. The highest BCUT2D eigenvalue weighted by Crippen LogP contribution is 2.33. The summed E-state index contributed by atoms with van der Waals surface area (Å²) in [6, 6.07) is 11.3. The van der Waals surface area contributed by atoms with Crippen molar-refractivity contribution >= 4 is 16.8 Å². The molecule has 0 atom stereocenters. The maximum atomic E-state index is 11.7. The summed E-state index contributed by atoms with van der Waals surface area (Å²) >= 11 is 0. The van der Waals surface area contributed by atoms with E-state index in [1.54, 1.807) is 19.2 Å². The van der Waals surface area contributed by atoms with Crippen LogP contribution in [0.2, 0.25) is 0 Å². The van der Waals surface area contributed by atoms with E-state index in [0.29, 0.717) is 29.1 Å². The molecule has 0 spiro atoms. The first-order chi connectivity index (χ1) is 13.1. The molecule has 27 heavy (non-hydrogen) atoms. The molecule has 6 heteroatoms. The third-order valence-corrected chi connectivity index (χ3v) is 4.96. The van der Waals surface area contributed by atoms with Gasteiger partial charge in [-0.1, -0.05) is 12.1 Å². The van der Waals surface area contributed by atoms with Gasteiger partial charge in [0.15, 0.2) is 24.4 Å². The van der Waals surface area contributed by atoms with Crippen LogP contribution in [0.25, 0.3) is 11.1 Å². The van der Waals surface area contributed by atoms with Crippen molar-refractivity contribution in [3.63, 3.8) is 0 Å². The highest BCUT2D eigenvalue weighted by Gasteiger charge is 2.20. The first-order valence-electron chi connectivity index (χ1n) is 9.27. The quantitative estimate of drug-likeness (QED) is 0.586. The van der Waals surface area contributed by atoms with Gasteiger partial charge in [0, 0.05) is 22.2 Å². The van der Waals surface area contributed by atoms with E-state index < -0.39 is 0 Å². The van der Waals surface area contributed by atoms with E-state index in [1.807, 2.05) is 24.3 Å². The van der Waals surface area contributed by atoms with Crippen molar-refractivity contribution in [2.45, 2.75) is 38.2 Å². The molecule has 0 unspecified atom stereocenters. The number of aromatic nitrogens is 1. The van der Waals surface area contributed by atoms with Crippen LogP contribution in [-0.4, -0.2) is 30.0 Å². The van der Waals surface area contributed by atoms with Crippen molar-refractivity contribution in [2.24, 2.45) is 0 Å². The van der Waals surface area contributed by atoms with Crippen LogP contribution in [0.3, 0.4) is 0 Å². The summed E-state index contributed by atoms with van der Waals surface area (Å²) in [4.78, 5) is 16.2. The van der Waals surface area contributed by atoms with Crippen molar-refractivity contribution in [1.82, 2.24) is 4.98 Å². The van der Waals surface area contributed by atoms with Crippen LogP contribution in [0.4, 0.5) is 5.69 Å². The Kier molecular flexibility index (Phi) is 4.79. The van der Waals surface area contributed by atoms with Crippen molar-refractivity contribution in [3.8, 4) is 11.5 Å². The lowest BCUT2D eigenvalue weighted by Gasteiger charge is -2.16. The minimum absolute atomic E-state index is 0.258. The Morgan fingerprint density at radius 3 is 2.74 bits per heavy atom. The first kappa shape index (κ1) is 17.5. The van der Waals surface area contributed by atoms with Gasteiger partial charge in [-0.05, 0) is 49.4 Å². The Morgan fingerprint density at radius 1 is 1.19 bits per heavy atom. The summed E-state index contributed by atoms with van der Waals surface area (Å²) < 4.78 is 18.3. The Labute approximate surface area is 157 Å². The molecule has 0 radical (unpaired) electrons. The molecule has 1 aromatic heterocycles. The monoisotopic (exact) mass is 367 g/mol. The van der Waals surface area contributed by atoms with Crippen LogP contribution >= 0.6 is 0 Å². The van der Waals surface area contributed by atoms with E-state index in [9.17, 15) is 4.91 Å². The highest BCUT2D eigenvalue weighted by molar-refractivity contribution is 5.82. The average Bonchev–Trinajstić information content (AvgIpc) is 3.30. The fraction of sp³-hybridized carbons (Fsp3) is 0.381. The van der Waals surface area contributed by atoms with Crippen LogP contribution in [0, 0.1) is 4.91 Å². The zero-order chi connectivity index (χ0) is 18.8. The molecule has 0 N–H and O–H groups in total. The summed E-state index contributed by atoms with van der Waals surface area (Å²) in [5.41, 5.74) is 2.70. The van der Waals surface area contributed by atoms with Gasteiger partial charge in [-0.3, -0.25) is 0 Å². The number of benzene rings is 2. The number of methoxy groups -OCH3 is 1. The average molecular weight is 367 g/mol. The van der Waals surface area contributed by atoms with Crippen molar-refractivity contribution < 1.29 is 18.7 Å². The smallest absolute Gasteiger partial charge is 0.300 e. The molecule has 6 nitrogen and oxygen atoms in total. The number of hydrogen-bond donors (Lipinski definition) is 0. The SMILES string of the molecule is COc1ccc(Cc2nc3cccc([N+](C)=O)c3o2)cc1OC1CCCC1. The number of oxazole rings is 1. The largest absolute Gasteiger partial charge is 0.493 e. The Bertz CT molecular complexity index is 973. The minimum atomic E-state index is 0.258. The fourth-order valence-electron chi connectivity index (χ4n) is 3.59. The second-order valence-corrected chi connectivity index (χ2v) is 6.92. The number of fused-ring (bicyclic) bond motifs is 1. The topological polar surface area (TPSA) is 64.6 Å². The molecule has 3 aromatic rings. The summed E-state index contributed by atoms with van der Waals surface area (Å²) in [5.74, 6) is 2.06. The molecule has 2 aromatic carbocycles. The van der Waals surface area contributed by atoms with E-state index in [1.165, 1.54) is 19.9 Å². The van der Waals surface area contributed by atoms with Crippen molar-refractivity contribution in [2.75, 3.05) is 14.2 Å². The Hall–Kier alpha value is -2.89. The van der Waals surface area contributed by atoms with E-state index in [-0.39, 0.29) is 6.10 Å². The van der Waals surface area contributed by atoms with E-state index in [2.05, 4.69) is 4.98 Å². The van der Waals surface area contributed by atoms with Crippen molar-refractivity contribution in [3.05, 3.63) is 52.8 Å². The van der Waals surface area contributed by atoms with Crippen LogP contribution < -0.4 is 9.47 Å². The first-order valence-corrected chi connectivity index (χ1v) is 9.27. The third kappa shape index (κ3) is 3.65. The van der Waals surface area contributed by atoms with E-state index >= 15 is 0 Å². The normalized spacial score (nSPS) is 14.6. The Morgan fingerprint density at radius 2 is 2.00 bits per heavy atom. The molecule has 0 bridgehead atoms. The standard InChI is InChI=1S/C21H23N2O4/c1-23(24)17-9-5-8-16-21(17)27-20(22-16)13-14-10-11-18(25-2)19(12-14)26-15-6-3-4-7-15/h5,8-12,15H,3-4,6-7,13H2,1-2H3/q+1. The minimum Gasteiger partial charge on any atom is -0.493 e. The number of ether oxygens (including phenoxy) is 2. The van der Waals surface area contributed by atoms with Gasteiger partial charge < -0.3 is 13.9 Å².